The maximum absolute atomic E-state index is 10.3. The molecule has 1 aromatic rings. The lowest BCUT2D eigenvalue weighted by Crippen LogP contribution is -1.91. The molecule has 48 valence electrons. The molecule has 0 radical (unpaired) electrons. The second kappa shape index (κ2) is 2.06. The lowest BCUT2D eigenvalue weighted by molar-refractivity contribution is 0.111. The van der Waals surface area contributed by atoms with Crippen molar-refractivity contribution in [1.82, 2.24) is 5.16 Å². The van der Waals surface area contributed by atoms with Gasteiger partial charge in [0.1, 0.15) is 5.69 Å². The Morgan fingerprint density at radius 2 is 2.33 bits per heavy atom. The summed E-state index contributed by atoms with van der Waals surface area (Å²) in [5.41, 5.74) is -0.750. The second-order valence-electron chi connectivity index (χ2n) is 1.34. The smallest absolute Gasteiger partial charge is 0.337 e. The maximum atomic E-state index is 10.3. The fraction of sp³-hybridized carbons (Fsp3) is 0. The Labute approximate surface area is 54.4 Å². The van der Waals surface area contributed by atoms with Crippen molar-refractivity contribution < 1.29 is 9.32 Å². The molecule has 0 spiro atoms. The predicted molar refractivity (Wildman–Crippen MR) is 29.7 cm³/mol. The van der Waals surface area contributed by atoms with Gasteiger partial charge < -0.3 is 4.52 Å². The maximum Gasteiger partial charge on any atom is 0.376 e. The Bertz CT molecular complexity index is 274. The van der Waals surface area contributed by atoms with Crippen molar-refractivity contribution >= 4 is 17.9 Å². The zero-order chi connectivity index (χ0) is 6.85. The summed E-state index contributed by atoms with van der Waals surface area (Å²) in [5, 5.41) is 1.83. The molecule has 0 amide bonds. The normalized spacial score (nSPS) is 9.44. The zero-order valence-electron chi connectivity index (χ0n) is 4.18. The number of nitrogens with one attached hydrogen (secondary N) is 1. The van der Waals surface area contributed by atoms with E-state index in [1.165, 1.54) is 0 Å². The number of carbonyl (C=O) groups is 1. The SMILES string of the molecule is O=Cc1[nH]oc(=O)c1Cl. The lowest BCUT2D eigenvalue weighted by Gasteiger charge is -1.72. The van der Waals surface area contributed by atoms with Crippen LogP contribution < -0.4 is 5.63 Å². The molecule has 0 unspecified atom stereocenters. The summed E-state index contributed by atoms with van der Waals surface area (Å²) in [7, 11) is 0. The molecule has 1 heterocycles. The number of aromatic amines is 1. The van der Waals surface area contributed by atoms with Crippen LogP contribution in [0, 0.1) is 0 Å². The van der Waals surface area contributed by atoms with E-state index < -0.39 is 5.63 Å². The minimum atomic E-state index is -0.723. The largest absolute Gasteiger partial charge is 0.376 e. The molecule has 1 rings (SSSR count). The highest BCUT2D eigenvalue weighted by atomic mass is 35.5. The van der Waals surface area contributed by atoms with E-state index in [1.807, 2.05) is 5.16 Å². The van der Waals surface area contributed by atoms with Crippen molar-refractivity contribution in [2.45, 2.75) is 0 Å². The van der Waals surface area contributed by atoms with E-state index in [1.54, 1.807) is 0 Å². The molecule has 0 bridgehead atoms. The molecule has 0 aromatic carbocycles. The standard InChI is InChI=1S/C4H2ClNO3/c5-3-2(1-7)6-9-4(3)8/h1,6H. The third-order valence-corrected chi connectivity index (χ3v) is 1.15. The van der Waals surface area contributed by atoms with Gasteiger partial charge in [-0.2, -0.15) is 0 Å². The van der Waals surface area contributed by atoms with Gasteiger partial charge in [-0.25, -0.2) is 9.95 Å². The van der Waals surface area contributed by atoms with Crippen LogP contribution in [0.15, 0.2) is 9.32 Å². The first kappa shape index (κ1) is 6.10. The van der Waals surface area contributed by atoms with Gasteiger partial charge in [0.15, 0.2) is 11.3 Å². The Hall–Kier alpha value is -1.03. The topological polar surface area (TPSA) is 63.1 Å². The molecular weight excluding hydrogens is 146 g/mol. The van der Waals surface area contributed by atoms with Crippen molar-refractivity contribution in [2.24, 2.45) is 0 Å². The van der Waals surface area contributed by atoms with Gasteiger partial charge in [0.05, 0.1) is 0 Å². The van der Waals surface area contributed by atoms with E-state index in [-0.39, 0.29) is 10.7 Å². The number of hydrogen-bond acceptors (Lipinski definition) is 3. The highest BCUT2D eigenvalue weighted by Crippen LogP contribution is 2.03. The third kappa shape index (κ3) is 0.882. The summed E-state index contributed by atoms with van der Waals surface area (Å²) in [6.45, 7) is 0. The van der Waals surface area contributed by atoms with Crippen molar-refractivity contribution in [2.75, 3.05) is 0 Å². The molecule has 0 fully saturated rings. The Morgan fingerprint density at radius 3 is 2.56 bits per heavy atom. The zero-order valence-corrected chi connectivity index (χ0v) is 4.94. The predicted octanol–water partition coefficient (Wildman–Crippen LogP) is 0.434. The molecule has 0 atom stereocenters. The van der Waals surface area contributed by atoms with E-state index in [4.69, 9.17) is 11.6 Å². The summed E-state index contributed by atoms with van der Waals surface area (Å²) >= 11 is 5.24. The van der Waals surface area contributed by atoms with Crippen LogP contribution in [0.1, 0.15) is 10.5 Å². The number of aromatic nitrogens is 1. The summed E-state index contributed by atoms with van der Waals surface area (Å²) < 4.78 is 4.14. The molecule has 1 aromatic heterocycles. The van der Waals surface area contributed by atoms with Gasteiger partial charge in [0.2, 0.25) is 0 Å². The molecule has 0 aliphatic heterocycles. The summed E-state index contributed by atoms with van der Waals surface area (Å²) in [4.78, 5) is 20.2. The molecule has 0 saturated carbocycles. The van der Waals surface area contributed by atoms with Crippen LogP contribution in [0.2, 0.25) is 5.02 Å². The van der Waals surface area contributed by atoms with Gasteiger partial charge in [-0.05, 0) is 0 Å². The van der Waals surface area contributed by atoms with Crippen LogP contribution in [0.3, 0.4) is 0 Å². The van der Waals surface area contributed by atoms with Gasteiger partial charge in [-0.1, -0.05) is 11.6 Å². The van der Waals surface area contributed by atoms with Gasteiger partial charge in [0, 0.05) is 0 Å². The van der Waals surface area contributed by atoms with Crippen LogP contribution in [-0.2, 0) is 0 Å². The van der Waals surface area contributed by atoms with E-state index in [2.05, 4.69) is 4.52 Å². The average molecular weight is 148 g/mol. The minimum absolute atomic E-state index is 0.0262. The molecule has 5 heteroatoms. The quantitative estimate of drug-likeness (QED) is 0.586. The lowest BCUT2D eigenvalue weighted by atomic mass is 10.5. The van der Waals surface area contributed by atoms with Gasteiger partial charge in [0.25, 0.3) is 0 Å². The first-order valence-corrected chi connectivity index (χ1v) is 2.45. The molecule has 1 N–H and O–H groups in total. The molecule has 0 aliphatic rings. The van der Waals surface area contributed by atoms with Crippen LogP contribution in [0.5, 0.6) is 0 Å². The Kier molecular flexibility index (Phi) is 1.40. The van der Waals surface area contributed by atoms with Crippen molar-refractivity contribution in [1.29, 1.82) is 0 Å². The molecule has 0 aliphatic carbocycles. The second-order valence-corrected chi connectivity index (χ2v) is 1.72. The van der Waals surface area contributed by atoms with Gasteiger partial charge in [-0.15, -0.1) is 0 Å². The van der Waals surface area contributed by atoms with Crippen molar-refractivity contribution in [3.05, 3.63) is 21.1 Å². The van der Waals surface area contributed by atoms with E-state index in [9.17, 15) is 9.59 Å². The van der Waals surface area contributed by atoms with Crippen LogP contribution in [0.25, 0.3) is 0 Å². The van der Waals surface area contributed by atoms with Crippen molar-refractivity contribution in [3.8, 4) is 0 Å². The Morgan fingerprint density at radius 1 is 1.67 bits per heavy atom. The molecule has 0 saturated heterocycles. The van der Waals surface area contributed by atoms with Crippen LogP contribution in [-0.4, -0.2) is 11.4 Å². The summed E-state index contributed by atoms with van der Waals surface area (Å²) in [6, 6.07) is 0. The number of carbonyl (C=O) groups excluding carboxylic acids is 1. The fourth-order valence-electron chi connectivity index (χ4n) is 0.377. The number of hydrogen-bond donors (Lipinski definition) is 1. The highest BCUT2D eigenvalue weighted by Gasteiger charge is 2.05. The van der Waals surface area contributed by atoms with Crippen LogP contribution in [0.4, 0.5) is 0 Å². The first-order valence-electron chi connectivity index (χ1n) is 2.08. The number of rotatable bonds is 1. The van der Waals surface area contributed by atoms with Gasteiger partial charge in [-0.3, -0.25) is 4.79 Å². The highest BCUT2D eigenvalue weighted by molar-refractivity contribution is 6.32. The Balaban J connectivity index is 3.35. The summed E-state index contributed by atoms with van der Waals surface area (Å²) in [6.07, 6.45) is 0.410. The van der Waals surface area contributed by atoms with E-state index >= 15 is 0 Å². The van der Waals surface area contributed by atoms with Crippen molar-refractivity contribution in [3.63, 3.8) is 0 Å². The fourth-order valence-corrected chi connectivity index (χ4v) is 0.498. The number of aldehydes is 1. The number of halogens is 1. The van der Waals surface area contributed by atoms with Crippen LogP contribution >= 0.6 is 11.6 Å². The first-order chi connectivity index (χ1) is 4.25. The minimum Gasteiger partial charge on any atom is -0.337 e. The van der Waals surface area contributed by atoms with E-state index in [0.29, 0.717) is 6.29 Å². The molecule has 9 heavy (non-hydrogen) atoms. The summed E-state index contributed by atoms with van der Waals surface area (Å²) in [5.74, 6) is 0. The number of H-pyrrole nitrogens is 1. The van der Waals surface area contributed by atoms with Gasteiger partial charge >= 0.3 is 5.63 Å². The average Bonchev–Trinajstić information content (AvgIpc) is 2.15. The third-order valence-electron chi connectivity index (χ3n) is 0.787. The molecule has 4 nitrogen and oxygen atoms in total. The monoisotopic (exact) mass is 147 g/mol. The van der Waals surface area contributed by atoms with E-state index in [0.717, 1.165) is 0 Å². The molecular formula is C4H2ClNO3.